The highest BCUT2D eigenvalue weighted by atomic mass is 32.1. The van der Waals surface area contributed by atoms with Gasteiger partial charge in [-0.1, -0.05) is 48.5 Å². The predicted octanol–water partition coefficient (Wildman–Crippen LogP) is 6.56. The molecule has 0 bridgehead atoms. The Bertz CT molecular complexity index is 1480. The van der Waals surface area contributed by atoms with Crippen LogP contribution in [0.3, 0.4) is 0 Å². The molecule has 2 N–H and O–H groups in total. The first-order valence-electron chi connectivity index (χ1n) is 11.6. The summed E-state index contributed by atoms with van der Waals surface area (Å²) in [5, 5.41) is 9.22. The smallest absolute Gasteiger partial charge is 0.251 e. The summed E-state index contributed by atoms with van der Waals surface area (Å²) in [4.78, 5) is 26.3. The van der Waals surface area contributed by atoms with Crippen LogP contribution in [-0.2, 0) is 6.54 Å². The molecule has 5 rings (SSSR count). The van der Waals surface area contributed by atoms with Gasteiger partial charge in [-0.2, -0.15) is 0 Å². The lowest BCUT2D eigenvalue weighted by Gasteiger charge is -2.09. The van der Waals surface area contributed by atoms with Crippen molar-refractivity contribution in [3.05, 3.63) is 113 Å². The number of carbonyl (C=O) groups excluding carboxylic acids is 1. The van der Waals surface area contributed by atoms with Crippen LogP contribution in [0, 0.1) is 13.8 Å². The fourth-order valence-corrected chi connectivity index (χ4v) is 4.69. The minimum absolute atomic E-state index is 0.129. The first-order valence-corrected chi connectivity index (χ1v) is 12.5. The molecule has 0 saturated carbocycles. The molecular weight excluding hydrogens is 466 g/mol. The standard InChI is InChI=1S/C29H25N5OS/c1-19-15-20(2)32-29(31-19)33-25-13-11-23(12-14-25)27(35)30-17-21-7-6-10-24(16-21)28-34-26(18-36-28)22-8-4-3-5-9-22/h3-16,18H,17H2,1-2H3,(H,30,35)(H,31,32,33). The van der Waals surface area contributed by atoms with Gasteiger partial charge in [-0.05, 0) is 55.8 Å². The molecule has 2 aromatic heterocycles. The van der Waals surface area contributed by atoms with Crippen molar-refractivity contribution in [1.29, 1.82) is 0 Å². The second-order valence-electron chi connectivity index (χ2n) is 8.46. The zero-order valence-electron chi connectivity index (χ0n) is 20.0. The van der Waals surface area contributed by atoms with Gasteiger partial charge in [0, 0.05) is 45.7 Å². The van der Waals surface area contributed by atoms with Crippen molar-refractivity contribution < 1.29 is 4.79 Å². The maximum atomic E-state index is 12.7. The van der Waals surface area contributed by atoms with Gasteiger partial charge in [-0.25, -0.2) is 15.0 Å². The van der Waals surface area contributed by atoms with Gasteiger partial charge in [0.1, 0.15) is 5.01 Å². The number of anilines is 2. The third-order valence-electron chi connectivity index (χ3n) is 5.59. The van der Waals surface area contributed by atoms with E-state index in [4.69, 9.17) is 4.98 Å². The first kappa shape index (κ1) is 23.4. The average Bonchev–Trinajstić information content (AvgIpc) is 3.38. The highest BCUT2D eigenvalue weighted by Crippen LogP contribution is 2.29. The number of nitrogens with one attached hydrogen (secondary N) is 2. The van der Waals surface area contributed by atoms with Crippen LogP contribution >= 0.6 is 11.3 Å². The molecule has 0 aliphatic carbocycles. The Kier molecular flexibility index (Phi) is 6.82. The van der Waals surface area contributed by atoms with Crippen LogP contribution in [0.15, 0.2) is 90.3 Å². The quantitative estimate of drug-likeness (QED) is 0.270. The van der Waals surface area contributed by atoms with E-state index >= 15 is 0 Å². The van der Waals surface area contributed by atoms with Gasteiger partial charge in [0.05, 0.1) is 5.69 Å². The highest BCUT2D eigenvalue weighted by Gasteiger charge is 2.09. The molecule has 7 heteroatoms. The fraction of sp³-hybridized carbons (Fsp3) is 0.103. The van der Waals surface area contributed by atoms with E-state index in [1.54, 1.807) is 23.5 Å². The monoisotopic (exact) mass is 491 g/mol. The normalized spacial score (nSPS) is 10.7. The Morgan fingerprint density at radius 2 is 1.53 bits per heavy atom. The van der Waals surface area contributed by atoms with Crippen molar-refractivity contribution in [3.63, 3.8) is 0 Å². The predicted molar refractivity (Wildman–Crippen MR) is 145 cm³/mol. The van der Waals surface area contributed by atoms with Crippen LogP contribution in [0.25, 0.3) is 21.8 Å². The molecule has 0 aliphatic heterocycles. The molecule has 1 amide bonds. The summed E-state index contributed by atoms with van der Waals surface area (Å²) in [6.45, 7) is 4.30. The molecule has 0 atom stereocenters. The number of nitrogens with zero attached hydrogens (tertiary/aromatic N) is 3. The Morgan fingerprint density at radius 3 is 2.28 bits per heavy atom. The van der Waals surface area contributed by atoms with E-state index < -0.39 is 0 Å². The Balaban J connectivity index is 1.21. The van der Waals surface area contributed by atoms with E-state index in [-0.39, 0.29) is 5.91 Å². The molecule has 0 fully saturated rings. The summed E-state index contributed by atoms with van der Waals surface area (Å²) in [7, 11) is 0. The van der Waals surface area contributed by atoms with Crippen LogP contribution in [0.2, 0.25) is 0 Å². The summed E-state index contributed by atoms with van der Waals surface area (Å²) in [6, 6.07) is 27.5. The van der Waals surface area contributed by atoms with Gasteiger partial charge in [0.2, 0.25) is 5.95 Å². The van der Waals surface area contributed by atoms with Crippen LogP contribution < -0.4 is 10.6 Å². The number of carbonyl (C=O) groups is 1. The van der Waals surface area contributed by atoms with E-state index in [0.29, 0.717) is 18.1 Å². The highest BCUT2D eigenvalue weighted by molar-refractivity contribution is 7.13. The SMILES string of the molecule is Cc1cc(C)nc(Nc2ccc(C(=O)NCc3cccc(-c4nc(-c5ccccc5)cs4)c3)cc2)n1. The van der Waals surface area contributed by atoms with Crippen LogP contribution in [-0.4, -0.2) is 20.9 Å². The van der Waals surface area contributed by atoms with Crippen molar-refractivity contribution in [2.24, 2.45) is 0 Å². The van der Waals surface area contributed by atoms with Gasteiger partial charge in [-0.3, -0.25) is 4.79 Å². The molecule has 3 aromatic carbocycles. The number of amides is 1. The molecule has 178 valence electrons. The van der Waals surface area contributed by atoms with Crippen molar-refractivity contribution in [1.82, 2.24) is 20.3 Å². The van der Waals surface area contributed by atoms with Crippen molar-refractivity contribution >= 4 is 28.9 Å². The molecule has 6 nitrogen and oxygen atoms in total. The third-order valence-corrected chi connectivity index (χ3v) is 6.48. The summed E-state index contributed by atoms with van der Waals surface area (Å²) in [6.07, 6.45) is 0. The van der Waals surface area contributed by atoms with Crippen LogP contribution in [0.5, 0.6) is 0 Å². The number of rotatable bonds is 7. The zero-order valence-corrected chi connectivity index (χ0v) is 20.8. The maximum Gasteiger partial charge on any atom is 0.251 e. The van der Waals surface area contributed by atoms with E-state index in [1.165, 1.54) is 0 Å². The topological polar surface area (TPSA) is 79.8 Å². The van der Waals surface area contributed by atoms with Gasteiger partial charge in [-0.15, -0.1) is 11.3 Å². The molecule has 0 unspecified atom stereocenters. The number of aryl methyl sites for hydroxylation is 2. The van der Waals surface area contributed by atoms with Gasteiger partial charge < -0.3 is 10.6 Å². The van der Waals surface area contributed by atoms with E-state index in [9.17, 15) is 4.79 Å². The Hall–Kier alpha value is -4.36. The van der Waals surface area contributed by atoms with Crippen molar-refractivity contribution in [3.8, 4) is 21.8 Å². The molecule has 0 spiro atoms. The van der Waals surface area contributed by atoms with Crippen molar-refractivity contribution in [2.45, 2.75) is 20.4 Å². The van der Waals surface area contributed by atoms with E-state index in [2.05, 4.69) is 44.2 Å². The Morgan fingerprint density at radius 1 is 0.806 bits per heavy atom. The summed E-state index contributed by atoms with van der Waals surface area (Å²) >= 11 is 1.62. The largest absolute Gasteiger partial charge is 0.348 e. The molecule has 0 saturated heterocycles. The number of hydrogen-bond acceptors (Lipinski definition) is 6. The number of benzene rings is 3. The summed E-state index contributed by atoms with van der Waals surface area (Å²) in [5.41, 5.74) is 7.34. The molecule has 0 aliphatic rings. The number of aromatic nitrogens is 3. The van der Waals surface area contributed by atoms with Crippen LogP contribution in [0.4, 0.5) is 11.6 Å². The van der Waals surface area contributed by atoms with E-state index in [1.807, 2.05) is 68.4 Å². The minimum Gasteiger partial charge on any atom is -0.348 e. The summed E-state index contributed by atoms with van der Waals surface area (Å²) < 4.78 is 0. The Labute approximate surface area is 214 Å². The van der Waals surface area contributed by atoms with Crippen LogP contribution in [0.1, 0.15) is 27.3 Å². The second kappa shape index (κ2) is 10.5. The lowest BCUT2D eigenvalue weighted by molar-refractivity contribution is 0.0951. The van der Waals surface area contributed by atoms with Gasteiger partial charge >= 0.3 is 0 Å². The average molecular weight is 492 g/mol. The number of thiazole rings is 1. The molecule has 0 radical (unpaired) electrons. The molecule has 2 heterocycles. The fourth-order valence-electron chi connectivity index (χ4n) is 3.86. The molecular formula is C29H25N5OS. The molecule has 5 aromatic rings. The lowest BCUT2D eigenvalue weighted by atomic mass is 10.1. The third kappa shape index (κ3) is 5.64. The number of hydrogen-bond donors (Lipinski definition) is 2. The first-order chi connectivity index (χ1) is 17.5. The van der Waals surface area contributed by atoms with Gasteiger partial charge in [0.25, 0.3) is 5.91 Å². The second-order valence-corrected chi connectivity index (χ2v) is 9.32. The van der Waals surface area contributed by atoms with E-state index in [0.717, 1.165) is 44.5 Å². The molecule has 36 heavy (non-hydrogen) atoms. The summed E-state index contributed by atoms with van der Waals surface area (Å²) in [5.74, 6) is 0.413. The maximum absolute atomic E-state index is 12.7. The lowest BCUT2D eigenvalue weighted by Crippen LogP contribution is -2.22. The minimum atomic E-state index is -0.129. The zero-order chi connectivity index (χ0) is 24.9. The van der Waals surface area contributed by atoms with Gasteiger partial charge in [0.15, 0.2) is 0 Å². The van der Waals surface area contributed by atoms with Crippen molar-refractivity contribution in [2.75, 3.05) is 5.32 Å².